The Bertz CT molecular complexity index is 1030. The molecule has 0 aliphatic heterocycles. The van der Waals surface area contributed by atoms with Crippen molar-refractivity contribution in [2.24, 2.45) is 0 Å². The Balaban J connectivity index is 1.50. The van der Waals surface area contributed by atoms with Crippen molar-refractivity contribution in [1.29, 1.82) is 0 Å². The Hall–Kier alpha value is -3.41. The number of fused-ring (bicyclic) bond motifs is 1. The number of pyridine rings is 1. The second-order valence-electron chi connectivity index (χ2n) is 6.14. The van der Waals surface area contributed by atoms with Crippen molar-refractivity contribution in [2.75, 3.05) is 7.05 Å². The molecule has 0 unspecified atom stereocenters. The molecule has 0 N–H and O–H groups in total. The predicted molar refractivity (Wildman–Crippen MR) is 97.6 cm³/mol. The van der Waals surface area contributed by atoms with Gasteiger partial charge in [-0.1, -0.05) is 18.2 Å². The molecule has 6 heteroatoms. The van der Waals surface area contributed by atoms with Gasteiger partial charge in [0.15, 0.2) is 5.76 Å². The number of hydrogen-bond donors (Lipinski definition) is 0. The van der Waals surface area contributed by atoms with E-state index in [2.05, 4.69) is 10.1 Å². The molecule has 4 aromatic rings. The van der Waals surface area contributed by atoms with Gasteiger partial charge in [-0.3, -0.25) is 14.5 Å². The van der Waals surface area contributed by atoms with Gasteiger partial charge in [-0.2, -0.15) is 5.10 Å². The molecule has 0 saturated carbocycles. The minimum atomic E-state index is -0.150. The summed E-state index contributed by atoms with van der Waals surface area (Å²) in [4.78, 5) is 18.5. The van der Waals surface area contributed by atoms with E-state index in [0.29, 0.717) is 24.6 Å². The molecule has 0 aliphatic rings. The molecule has 0 bridgehead atoms. The van der Waals surface area contributed by atoms with Crippen molar-refractivity contribution in [3.8, 4) is 0 Å². The molecule has 6 nitrogen and oxygen atoms in total. The second kappa shape index (κ2) is 6.84. The summed E-state index contributed by atoms with van der Waals surface area (Å²) in [7, 11) is 1.78. The maximum atomic E-state index is 12.7. The topological polar surface area (TPSA) is 64.2 Å². The third-order valence-corrected chi connectivity index (χ3v) is 4.27. The molecular weight excluding hydrogens is 328 g/mol. The van der Waals surface area contributed by atoms with E-state index in [0.717, 1.165) is 16.3 Å². The van der Waals surface area contributed by atoms with Gasteiger partial charge >= 0.3 is 0 Å². The standard InChI is InChI=1S/C20H18N4O2/c1-23(13-16-5-2-4-15-12-21-10-8-18(15)16)20(25)19-7-6-17(26-19)14-24-11-3-9-22-24/h2-12H,13-14H2,1H3. The van der Waals surface area contributed by atoms with E-state index in [9.17, 15) is 4.79 Å². The van der Waals surface area contributed by atoms with Crippen LogP contribution in [0.15, 0.2) is 71.7 Å². The highest BCUT2D eigenvalue weighted by molar-refractivity contribution is 5.92. The van der Waals surface area contributed by atoms with Gasteiger partial charge in [0, 0.05) is 43.8 Å². The van der Waals surface area contributed by atoms with Crippen LogP contribution in [0.5, 0.6) is 0 Å². The van der Waals surface area contributed by atoms with E-state index in [4.69, 9.17) is 4.42 Å². The fourth-order valence-corrected chi connectivity index (χ4v) is 2.97. The van der Waals surface area contributed by atoms with Crippen molar-refractivity contribution in [2.45, 2.75) is 13.1 Å². The third-order valence-electron chi connectivity index (χ3n) is 4.27. The summed E-state index contributed by atoms with van der Waals surface area (Å²) < 4.78 is 7.45. The zero-order valence-corrected chi connectivity index (χ0v) is 14.4. The highest BCUT2D eigenvalue weighted by Crippen LogP contribution is 2.20. The van der Waals surface area contributed by atoms with Crippen LogP contribution >= 0.6 is 0 Å². The Labute approximate surface area is 150 Å². The Morgan fingerprint density at radius 1 is 1.15 bits per heavy atom. The Morgan fingerprint density at radius 3 is 2.92 bits per heavy atom. The third kappa shape index (κ3) is 3.21. The van der Waals surface area contributed by atoms with E-state index in [1.807, 2.05) is 48.8 Å². The highest BCUT2D eigenvalue weighted by atomic mass is 16.4. The number of aromatic nitrogens is 3. The molecule has 26 heavy (non-hydrogen) atoms. The molecule has 3 aromatic heterocycles. The number of carbonyl (C=O) groups is 1. The fourth-order valence-electron chi connectivity index (χ4n) is 2.97. The maximum absolute atomic E-state index is 12.7. The molecule has 0 atom stereocenters. The van der Waals surface area contributed by atoms with Crippen LogP contribution in [0.1, 0.15) is 21.9 Å². The number of rotatable bonds is 5. The van der Waals surface area contributed by atoms with Gasteiger partial charge in [-0.25, -0.2) is 0 Å². The monoisotopic (exact) mass is 346 g/mol. The fraction of sp³-hybridized carbons (Fsp3) is 0.150. The van der Waals surface area contributed by atoms with Gasteiger partial charge < -0.3 is 9.32 Å². The van der Waals surface area contributed by atoms with Crippen molar-refractivity contribution in [3.63, 3.8) is 0 Å². The summed E-state index contributed by atoms with van der Waals surface area (Å²) in [5, 5.41) is 6.30. The molecule has 3 heterocycles. The first-order valence-electron chi connectivity index (χ1n) is 8.34. The van der Waals surface area contributed by atoms with Crippen LogP contribution in [0.4, 0.5) is 0 Å². The summed E-state index contributed by atoms with van der Waals surface area (Å²) in [5.41, 5.74) is 1.07. The summed E-state index contributed by atoms with van der Waals surface area (Å²) >= 11 is 0. The first-order chi connectivity index (χ1) is 12.7. The maximum Gasteiger partial charge on any atom is 0.289 e. The molecule has 0 saturated heterocycles. The number of benzene rings is 1. The molecule has 0 radical (unpaired) electrons. The minimum Gasteiger partial charge on any atom is -0.454 e. The molecule has 0 spiro atoms. The van der Waals surface area contributed by atoms with Crippen LogP contribution < -0.4 is 0 Å². The Kier molecular flexibility index (Phi) is 4.23. The van der Waals surface area contributed by atoms with Crippen molar-refractivity contribution in [3.05, 3.63) is 84.3 Å². The van der Waals surface area contributed by atoms with Crippen LogP contribution in [0.2, 0.25) is 0 Å². The SMILES string of the molecule is CN(Cc1cccc2cnccc12)C(=O)c1ccc(Cn2cccn2)o1. The first-order valence-corrected chi connectivity index (χ1v) is 8.34. The zero-order valence-electron chi connectivity index (χ0n) is 14.4. The van der Waals surface area contributed by atoms with Crippen LogP contribution in [0, 0.1) is 0 Å². The summed E-state index contributed by atoms with van der Waals surface area (Å²) in [5.74, 6) is 0.876. The molecule has 1 aromatic carbocycles. The van der Waals surface area contributed by atoms with Crippen molar-refractivity contribution >= 4 is 16.7 Å². The van der Waals surface area contributed by atoms with E-state index in [1.54, 1.807) is 35.1 Å². The van der Waals surface area contributed by atoms with Crippen LogP contribution in [-0.2, 0) is 13.1 Å². The molecule has 0 aliphatic carbocycles. The van der Waals surface area contributed by atoms with Crippen LogP contribution in [0.3, 0.4) is 0 Å². The minimum absolute atomic E-state index is 0.150. The lowest BCUT2D eigenvalue weighted by molar-refractivity contribution is 0.0752. The lowest BCUT2D eigenvalue weighted by atomic mass is 10.1. The number of furan rings is 1. The molecule has 0 fully saturated rings. The number of hydrogen-bond acceptors (Lipinski definition) is 4. The smallest absolute Gasteiger partial charge is 0.289 e. The lowest BCUT2D eigenvalue weighted by Gasteiger charge is -2.17. The molecular formula is C20H18N4O2. The van der Waals surface area contributed by atoms with Gasteiger partial charge in [0.2, 0.25) is 0 Å². The second-order valence-corrected chi connectivity index (χ2v) is 6.14. The summed E-state index contributed by atoms with van der Waals surface area (Å²) in [6.45, 7) is 0.996. The van der Waals surface area contributed by atoms with Gasteiger partial charge in [0.05, 0.1) is 6.54 Å². The van der Waals surface area contributed by atoms with Crippen LogP contribution in [-0.4, -0.2) is 32.6 Å². The average Bonchev–Trinajstić information content (AvgIpc) is 3.34. The van der Waals surface area contributed by atoms with E-state index in [1.165, 1.54) is 0 Å². The van der Waals surface area contributed by atoms with Crippen molar-refractivity contribution < 1.29 is 9.21 Å². The molecule has 4 rings (SSSR count). The first kappa shape index (κ1) is 16.1. The number of nitrogens with zero attached hydrogens (tertiary/aromatic N) is 4. The van der Waals surface area contributed by atoms with Gasteiger partial charge in [-0.15, -0.1) is 0 Å². The van der Waals surface area contributed by atoms with Gasteiger partial charge in [0.1, 0.15) is 5.76 Å². The molecule has 1 amide bonds. The Morgan fingerprint density at radius 2 is 2.08 bits per heavy atom. The van der Waals surface area contributed by atoms with Crippen LogP contribution in [0.25, 0.3) is 10.8 Å². The predicted octanol–water partition coefficient (Wildman–Crippen LogP) is 3.34. The van der Waals surface area contributed by atoms with Gasteiger partial charge in [0.25, 0.3) is 5.91 Å². The largest absolute Gasteiger partial charge is 0.454 e. The highest BCUT2D eigenvalue weighted by Gasteiger charge is 2.17. The van der Waals surface area contributed by atoms with Crippen molar-refractivity contribution in [1.82, 2.24) is 19.7 Å². The summed E-state index contributed by atoms with van der Waals surface area (Å²) in [6.07, 6.45) is 7.16. The summed E-state index contributed by atoms with van der Waals surface area (Å²) in [6, 6.07) is 13.4. The average molecular weight is 346 g/mol. The van der Waals surface area contributed by atoms with Gasteiger partial charge in [-0.05, 0) is 35.2 Å². The quantitative estimate of drug-likeness (QED) is 0.556. The zero-order chi connectivity index (χ0) is 17.9. The number of carbonyl (C=O) groups excluding carboxylic acids is 1. The van der Waals surface area contributed by atoms with E-state index < -0.39 is 0 Å². The number of amides is 1. The van der Waals surface area contributed by atoms with E-state index in [-0.39, 0.29) is 5.91 Å². The molecule has 130 valence electrons. The van der Waals surface area contributed by atoms with E-state index >= 15 is 0 Å². The lowest BCUT2D eigenvalue weighted by Crippen LogP contribution is -2.25. The normalized spacial score (nSPS) is 11.0.